The molecule has 0 bridgehead atoms. The van der Waals surface area contributed by atoms with E-state index in [1.165, 1.54) is 31.2 Å². The normalized spacial score (nSPS) is 12.1. The Morgan fingerprint density at radius 2 is 1.85 bits per heavy atom. The number of benzene rings is 2. The molecule has 2 aromatic carbocycles. The van der Waals surface area contributed by atoms with Gasteiger partial charge in [-0.05, 0) is 49.4 Å². The van der Waals surface area contributed by atoms with Crippen LogP contribution in [0.4, 0.5) is 5.69 Å². The summed E-state index contributed by atoms with van der Waals surface area (Å²) in [4.78, 5) is 23.6. The molecule has 10 heteroatoms. The van der Waals surface area contributed by atoms with E-state index in [0.717, 1.165) is 0 Å². The highest BCUT2D eigenvalue weighted by molar-refractivity contribution is 7.89. The van der Waals surface area contributed by atoms with Gasteiger partial charge in [-0.25, -0.2) is 18.4 Å². The summed E-state index contributed by atoms with van der Waals surface area (Å²) in [6.45, 7) is 0.914. The maximum Gasteiger partial charge on any atom is 0.347 e. The van der Waals surface area contributed by atoms with Gasteiger partial charge in [0.1, 0.15) is 5.75 Å². The largest absolute Gasteiger partial charge is 0.479 e. The lowest BCUT2D eigenvalue weighted by Gasteiger charge is -2.14. The number of primary sulfonamides is 1. The number of carbonyl (C=O) groups excluding carboxylic acids is 2. The number of anilines is 1. The van der Waals surface area contributed by atoms with Gasteiger partial charge in [0.25, 0.3) is 5.91 Å². The minimum Gasteiger partial charge on any atom is -0.479 e. The minimum atomic E-state index is -3.89. The first-order chi connectivity index (χ1) is 12.6. The highest BCUT2D eigenvalue weighted by Crippen LogP contribution is 2.17. The molecule has 0 fully saturated rings. The van der Waals surface area contributed by atoms with E-state index >= 15 is 0 Å². The van der Waals surface area contributed by atoms with Gasteiger partial charge in [-0.2, -0.15) is 0 Å². The summed E-state index contributed by atoms with van der Waals surface area (Å²) in [7, 11) is -3.89. The Balaban J connectivity index is 1.85. The van der Waals surface area contributed by atoms with Gasteiger partial charge in [0.2, 0.25) is 10.0 Å². The summed E-state index contributed by atoms with van der Waals surface area (Å²) in [6.07, 6.45) is -0.940. The van der Waals surface area contributed by atoms with Gasteiger partial charge in [0, 0.05) is 10.7 Å². The number of rotatable bonds is 7. The smallest absolute Gasteiger partial charge is 0.347 e. The Hall–Kier alpha value is -2.62. The maximum absolute atomic E-state index is 11.9. The Labute approximate surface area is 161 Å². The van der Waals surface area contributed by atoms with Crippen LogP contribution in [-0.2, 0) is 24.3 Å². The molecule has 0 aliphatic rings. The molecule has 2 rings (SSSR count). The van der Waals surface area contributed by atoms with Gasteiger partial charge in [0.15, 0.2) is 12.7 Å². The topological polar surface area (TPSA) is 125 Å². The van der Waals surface area contributed by atoms with E-state index in [1.54, 1.807) is 24.3 Å². The fourth-order valence-corrected chi connectivity index (χ4v) is 2.65. The number of nitrogens with one attached hydrogen (secondary N) is 1. The molecule has 0 unspecified atom stereocenters. The number of ether oxygens (including phenoxy) is 2. The molecule has 0 heterocycles. The third-order valence-corrected chi connectivity index (χ3v) is 4.41. The second kappa shape index (κ2) is 8.85. The van der Waals surface area contributed by atoms with E-state index in [2.05, 4.69) is 5.32 Å². The zero-order valence-corrected chi connectivity index (χ0v) is 15.8. The molecule has 27 heavy (non-hydrogen) atoms. The predicted octanol–water partition coefficient (Wildman–Crippen LogP) is 1.94. The van der Waals surface area contributed by atoms with Crippen molar-refractivity contribution in [1.82, 2.24) is 0 Å². The lowest BCUT2D eigenvalue weighted by molar-refractivity contribution is -0.153. The van der Waals surface area contributed by atoms with Crippen LogP contribution in [0.2, 0.25) is 5.02 Å². The molecule has 0 radical (unpaired) electrons. The molecule has 0 spiro atoms. The Morgan fingerprint density at radius 3 is 2.48 bits per heavy atom. The summed E-state index contributed by atoms with van der Waals surface area (Å²) in [5.74, 6) is -0.958. The quantitative estimate of drug-likeness (QED) is 0.669. The van der Waals surface area contributed by atoms with Gasteiger partial charge in [0.05, 0.1) is 4.90 Å². The van der Waals surface area contributed by atoms with Gasteiger partial charge in [-0.1, -0.05) is 17.7 Å². The number of carbonyl (C=O) groups is 2. The van der Waals surface area contributed by atoms with Crippen LogP contribution in [-0.4, -0.2) is 33.0 Å². The van der Waals surface area contributed by atoms with Crippen molar-refractivity contribution in [3.63, 3.8) is 0 Å². The number of halogens is 1. The monoisotopic (exact) mass is 412 g/mol. The van der Waals surface area contributed by atoms with Crippen molar-refractivity contribution >= 4 is 39.2 Å². The minimum absolute atomic E-state index is 0.151. The van der Waals surface area contributed by atoms with Gasteiger partial charge >= 0.3 is 5.97 Å². The molecule has 2 aromatic rings. The highest BCUT2D eigenvalue weighted by atomic mass is 35.5. The molecule has 0 aliphatic carbocycles. The van der Waals surface area contributed by atoms with Crippen LogP contribution >= 0.6 is 11.6 Å². The standard InChI is InChI=1S/C17H17ClN2O6S/c1-11(26-14-7-5-12(18)6-8-14)17(22)25-10-16(21)20-13-3-2-4-15(9-13)27(19,23)24/h2-9,11H,10H2,1H3,(H,20,21)(H2,19,23,24)/t11-/m0/s1. The van der Waals surface area contributed by atoms with Crippen LogP contribution in [0.5, 0.6) is 5.75 Å². The zero-order chi connectivity index (χ0) is 20.0. The third kappa shape index (κ3) is 6.55. The summed E-state index contributed by atoms with van der Waals surface area (Å²) in [5, 5.41) is 7.97. The summed E-state index contributed by atoms with van der Waals surface area (Å²) < 4.78 is 32.9. The molecule has 3 N–H and O–H groups in total. The molecule has 0 aliphatic heterocycles. The van der Waals surface area contributed by atoms with Crippen molar-refractivity contribution < 1.29 is 27.5 Å². The zero-order valence-electron chi connectivity index (χ0n) is 14.2. The predicted molar refractivity (Wildman–Crippen MR) is 98.9 cm³/mol. The lowest BCUT2D eigenvalue weighted by atomic mass is 10.3. The number of esters is 1. The number of nitrogens with two attached hydrogens (primary N) is 1. The van der Waals surface area contributed by atoms with Crippen molar-refractivity contribution in [3.05, 3.63) is 53.6 Å². The van der Waals surface area contributed by atoms with Crippen LogP contribution in [0.3, 0.4) is 0 Å². The van der Waals surface area contributed by atoms with E-state index in [-0.39, 0.29) is 10.6 Å². The number of amides is 1. The number of sulfonamides is 1. The second-order valence-electron chi connectivity index (χ2n) is 5.44. The molecule has 1 amide bonds. The maximum atomic E-state index is 11.9. The summed E-state index contributed by atoms with van der Waals surface area (Å²) in [5.41, 5.74) is 0.202. The molecule has 0 saturated carbocycles. The average molecular weight is 413 g/mol. The Morgan fingerprint density at radius 1 is 1.19 bits per heavy atom. The van der Waals surface area contributed by atoms with Crippen LogP contribution in [0.15, 0.2) is 53.4 Å². The van der Waals surface area contributed by atoms with Gasteiger partial charge < -0.3 is 14.8 Å². The first kappa shape index (κ1) is 20.7. The first-order valence-corrected chi connectivity index (χ1v) is 9.59. The van der Waals surface area contributed by atoms with Crippen molar-refractivity contribution in [1.29, 1.82) is 0 Å². The molecular weight excluding hydrogens is 396 g/mol. The first-order valence-electron chi connectivity index (χ1n) is 7.67. The Kier molecular flexibility index (Phi) is 6.78. The van der Waals surface area contributed by atoms with Crippen molar-refractivity contribution in [2.24, 2.45) is 5.14 Å². The Bertz CT molecular complexity index is 931. The molecule has 144 valence electrons. The van der Waals surface area contributed by atoms with E-state index < -0.39 is 34.6 Å². The van der Waals surface area contributed by atoms with Crippen LogP contribution < -0.4 is 15.2 Å². The van der Waals surface area contributed by atoms with E-state index in [0.29, 0.717) is 10.8 Å². The van der Waals surface area contributed by atoms with Gasteiger partial charge in [-0.15, -0.1) is 0 Å². The van der Waals surface area contributed by atoms with Crippen LogP contribution in [0.25, 0.3) is 0 Å². The van der Waals surface area contributed by atoms with Crippen LogP contribution in [0, 0.1) is 0 Å². The van der Waals surface area contributed by atoms with E-state index in [4.69, 9.17) is 26.2 Å². The van der Waals surface area contributed by atoms with Crippen molar-refractivity contribution in [2.45, 2.75) is 17.9 Å². The highest BCUT2D eigenvalue weighted by Gasteiger charge is 2.18. The van der Waals surface area contributed by atoms with Crippen molar-refractivity contribution in [2.75, 3.05) is 11.9 Å². The number of hydrogen-bond acceptors (Lipinski definition) is 6. The van der Waals surface area contributed by atoms with Crippen LogP contribution in [0.1, 0.15) is 6.92 Å². The molecule has 8 nitrogen and oxygen atoms in total. The summed E-state index contributed by atoms with van der Waals surface area (Å²) in [6, 6.07) is 11.8. The fraction of sp³-hybridized carbons (Fsp3) is 0.176. The molecular formula is C17H17ClN2O6S. The lowest BCUT2D eigenvalue weighted by Crippen LogP contribution is -2.29. The second-order valence-corrected chi connectivity index (χ2v) is 7.44. The average Bonchev–Trinajstić information content (AvgIpc) is 2.61. The SMILES string of the molecule is C[C@H](Oc1ccc(Cl)cc1)C(=O)OCC(=O)Nc1cccc(S(N)(=O)=O)c1. The third-order valence-electron chi connectivity index (χ3n) is 3.25. The molecule has 0 saturated heterocycles. The van der Waals surface area contributed by atoms with Gasteiger partial charge in [-0.3, -0.25) is 4.79 Å². The van der Waals surface area contributed by atoms with Crippen molar-refractivity contribution in [3.8, 4) is 5.75 Å². The molecule has 0 aromatic heterocycles. The molecule has 1 atom stereocenters. The summed E-state index contributed by atoms with van der Waals surface area (Å²) >= 11 is 5.76. The van der Waals surface area contributed by atoms with E-state index in [9.17, 15) is 18.0 Å². The number of hydrogen-bond donors (Lipinski definition) is 2. The fourth-order valence-electron chi connectivity index (χ4n) is 1.97. The van der Waals surface area contributed by atoms with E-state index in [1.807, 2.05) is 0 Å².